The summed E-state index contributed by atoms with van der Waals surface area (Å²) in [6, 6.07) is 9.57. The molecule has 16 heavy (non-hydrogen) atoms. The zero-order valence-corrected chi connectivity index (χ0v) is 9.99. The molecule has 0 fully saturated rings. The topological polar surface area (TPSA) is 53.1 Å². The van der Waals surface area contributed by atoms with Crippen LogP contribution in [-0.2, 0) is 0 Å². The van der Waals surface area contributed by atoms with E-state index in [1.165, 1.54) is 0 Å². The second kappa shape index (κ2) is 4.49. The number of aromatic nitrogens is 2. The third-order valence-electron chi connectivity index (χ3n) is 2.20. The Balaban J connectivity index is 2.48. The summed E-state index contributed by atoms with van der Waals surface area (Å²) in [6.45, 7) is 0. The second-order valence-corrected chi connectivity index (χ2v) is 4.05. The van der Waals surface area contributed by atoms with Gasteiger partial charge < -0.3 is 10.5 Å². The van der Waals surface area contributed by atoms with E-state index in [2.05, 4.69) is 5.10 Å². The van der Waals surface area contributed by atoms with Crippen molar-refractivity contribution >= 4 is 17.6 Å². The van der Waals surface area contributed by atoms with Crippen LogP contribution in [0.4, 0.5) is 5.82 Å². The number of rotatable bonds is 3. The largest absolute Gasteiger partial charge is 0.497 e. The summed E-state index contributed by atoms with van der Waals surface area (Å²) in [7, 11) is 1.64. The van der Waals surface area contributed by atoms with Crippen LogP contribution in [0.5, 0.6) is 5.75 Å². The number of hydrogen-bond donors (Lipinski definition) is 1. The Kier molecular flexibility index (Phi) is 3.05. The average Bonchev–Trinajstić information content (AvgIpc) is 2.70. The number of ether oxygens (including phenoxy) is 1. The molecule has 0 aliphatic heterocycles. The molecule has 0 saturated carbocycles. The van der Waals surface area contributed by atoms with Crippen LogP contribution >= 0.6 is 11.8 Å². The van der Waals surface area contributed by atoms with Crippen LogP contribution in [0.3, 0.4) is 0 Å². The Bertz CT molecular complexity index is 496. The second-order valence-electron chi connectivity index (χ2n) is 3.22. The maximum absolute atomic E-state index is 5.69. The molecule has 2 rings (SSSR count). The van der Waals surface area contributed by atoms with Crippen molar-refractivity contribution in [2.24, 2.45) is 0 Å². The van der Waals surface area contributed by atoms with Crippen molar-refractivity contribution in [2.75, 3.05) is 19.1 Å². The van der Waals surface area contributed by atoms with Gasteiger partial charge in [-0.1, -0.05) is 6.07 Å². The fourth-order valence-electron chi connectivity index (χ4n) is 1.45. The SMILES string of the molecule is COc1cccc(-n2nc(N)cc2SC)c1. The van der Waals surface area contributed by atoms with Gasteiger partial charge >= 0.3 is 0 Å². The van der Waals surface area contributed by atoms with Crippen molar-refractivity contribution < 1.29 is 4.74 Å². The Hall–Kier alpha value is -1.62. The van der Waals surface area contributed by atoms with Crippen LogP contribution in [0.1, 0.15) is 0 Å². The van der Waals surface area contributed by atoms with Gasteiger partial charge in [-0.25, -0.2) is 4.68 Å². The van der Waals surface area contributed by atoms with E-state index < -0.39 is 0 Å². The summed E-state index contributed by atoms with van der Waals surface area (Å²) in [6.07, 6.45) is 1.99. The van der Waals surface area contributed by atoms with Gasteiger partial charge in [0.1, 0.15) is 16.6 Å². The molecule has 0 saturated heterocycles. The van der Waals surface area contributed by atoms with E-state index in [9.17, 15) is 0 Å². The number of nitrogens with two attached hydrogens (primary N) is 1. The third kappa shape index (κ3) is 1.99. The van der Waals surface area contributed by atoms with Gasteiger partial charge in [0, 0.05) is 12.1 Å². The van der Waals surface area contributed by atoms with E-state index in [-0.39, 0.29) is 0 Å². The molecule has 5 heteroatoms. The number of hydrogen-bond acceptors (Lipinski definition) is 4. The predicted octanol–water partition coefficient (Wildman–Crippen LogP) is 2.18. The molecule has 0 spiro atoms. The molecule has 2 aromatic rings. The van der Waals surface area contributed by atoms with Crippen LogP contribution < -0.4 is 10.5 Å². The minimum atomic E-state index is 0.521. The van der Waals surface area contributed by atoms with Gasteiger partial charge in [0.05, 0.1) is 12.8 Å². The van der Waals surface area contributed by atoms with Gasteiger partial charge in [-0.3, -0.25) is 0 Å². The van der Waals surface area contributed by atoms with Crippen LogP contribution in [0.25, 0.3) is 5.69 Å². The first-order valence-electron chi connectivity index (χ1n) is 4.78. The van der Waals surface area contributed by atoms with Gasteiger partial charge in [0.2, 0.25) is 0 Å². The molecule has 0 radical (unpaired) electrons. The van der Waals surface area contributed by atoms with Gasteiger partial charge in [-0.2, -0.15) is 0 Å². The monoisotopic (exact) mass is 235 g/mol. The molecule has 0 aliphatic rings. The summed E-state index contributed by atoms with van der Waals surface area (Å²) in [5.74, 6) is 1.32. The minimum absolute atomic E-state index is 0.521. The first-order valence-corrected chi connectivity index (χ1v) is 6.01. The first-order chi connectivity index (χ1) is 7.74. The van der Waals surface area contributed by atoms with Gasteiger partial charge in [-0.15, -0.1) is 16.9 Å². The maximum atomic E-state index is 5.69. The summed E-state index contributed by atoms with van der Waals surface area (Å²) >= 11 is 1.60. The lowest BCUT2D eigenvalue weighted by atomic mass is 10.3. The molecule has 0 aliphatic carbocycles. The molecule has 1 heterocycles. The molecular formula is C11H13N3OS. The van der Waals surface area contributed by atoms with Crippen molar-refractivity contribution in [1.29, 1.82) is 0 Å². The fourth-order valence-corrected chi connectivity index (χ4v) is 2.01. The Morgan fingerprint density at radius 2 is 2.19 bits per heavy atom. The van der Waals surface area contributed by atoms with Crippen LogP contribution in [0.15, 0.2) is 35.4 Å². The zero-order valence-electron chi connectivity index (χ0n) is 9.18. The predicted molar refractivity (Wildman–Crippen MR) is 66.3 cm³/mol. The highest BCUT2D eigenvalue weighted by atomic mass is 32.2. The molecular weight excluding hydrogens is 222 g/mol. The molecule has 2 N–H and O–H groups in total. The summed E-state index contributed by atoms with van der Waals surface area (Å²) < 4.78 is 6.99. The molecule has 1 aromatic carbocycles. The molecule has 1 aromatic heterocycles. The Morgan fingerprint density at radius 3 is 2.88 bits per heavy atom. The standard InChI is InChI=1S/C11H13N3OS/c1-15-9-5-3-4-8(6-9)14-11(16-2)7-10(12)13-14/h3-7H,1-2H3,(H2,12,13). The molecule has 0 atom stereocenters. The number of anilines is 1. The smallest absolute Gasteiger partial charge is 0.147 e. The highest BCUT2D eigenvalue weighted by molar-refractivity contribution is 7.98. The van der Waals surface area contributed by atoms with E-state index >= 15 is 0 Å². The number of nitrogens with zero attached hydrogens (tertiary/aromatic N) is 2. The number of methoxy groups -OCH3 is 1. The number of benzene rings is 1. The number of nitrogen functional groups attached to an aromatic ring is 1. The molecule has 0 amide bonds. The van der Waals surface area contributed by atoms with E-state index in [4.69, 9.17) is 10.5 Å². The minimum Gasteiger partial charge on any atom is -0.497 e. The van der Waals surface area contributed by atoms with Gasteiger partial charge in [0.15, 0.2) is 0 Å². The Labute approximate surface area is 98.4 Å². The van der Waals surface area contributed by atoms with E-state index in [1.807, 2.05) is 41.3 Å². The van der Waals surface area contributed by atoms with E-state index in [0.29, 0.717) is 5.82 Å². The quantitative estimate of drug-likeness (QED) is 0.828. The average molecular weight is 235 g/mol. The molecule has 84 valence electrons. The zero-order chi connectivity index (χ0) is 11.5. The van der Waals surface area contributed by atoms with E-state index in [1.54, 1.807) is 18.9 Å². The van der Waals surface area contributed by atoms with Gasteiger partial charge in [-0.05, 0) is 18.4 Å². The van der Waals surface area contributed by atoms with Crippen molar-refractivity contribution in [3.63, 3.8) is 0 Å². The van der Waals surface area contributed by atoms with Gasteiger partial charge in [0.25, 0.3) is 0 Å². The normalized spacial score (nSPS) is 10.4. The molecule has 0 bridgehead atoms. The highest BCUT2D eigenvalue weighted by Crippen LogP contribution is 2.23. The number of thioether (sulfide) groups is 1. The third-order valence-corrected chi connectivity index (χ3v) is 2.91. The summed E-state index contributed by atoms with van der Waals surface area (Å²) in [5.41, 5.74) is 6.63. The summed E-state index contributed by atoms with van der Waals surface area (Å²) in [4.78, 5) is 0. The van der Waals surface area contributed by atoms with Crippen LogP contribution in [0.2, 0.25) is 0 Å². The van der Waals surface area contributed by atoms with Crippen LogP contribution in [0, 0.1) is 0 Å². The lowest BCUT2D eigenvalue weighted by Crippen LogP contribution is -1.99. The van der Waals surface area contributed by atoms with Crippen LogP contribution in [-0.4, -0.2) is 23.1 Å². The Morgan fingerprint density at radius 1 is 1.38 bits per heavy atom. The van der Waals surface area contributed by atoms with Crippen molar-refractivity contribution in [2.45, 2.75) is 5.03 Å². The molecule has 0 unspecified atom stereocenters. The fraction of sp³-hybridized carbons (Fsp3) is 0.182. The van der Waals surface area contributed by atoms with E-state index in [0.717, 1.165) is 16.5 Å². The lowest BCUT2D eigenvalue weighted by molar-refractivity contribution is 0.414. The van der Waals surface area contributed by atoms with Crippen molar-refractivity contribution in [3.05, 3.63) is 30.3 Å². The summed E-state index contributed by atoms with van der Waals surface area (Å²) in [5, 5.41) is 5.25. The highest BCUT2D eigenvalue weighted by Gasteiger charge is 2.07. The lowest BCUT2D eigenvalue weighted by Gasteiger charge is -2.06. The molecule has 4 nitrogen and oxygen atoms in total. The van der Waals surface area contributed by atoms with Crippen molar-refractivity contribution in [1.82, 2.24) is 9.78 Å². The maximum Gasteiger partial charge on any atom is 0.147 e. The van der Waals surface area contributed by atoms with Crippen molar-refractivity contribution in [3.8, 4) is 11.4 Å². The first kappa shape index (κ1) is 10.9.